The number of benzene rings is 1. The van der Waals surface area contributed by atoms with Crippen molar-refractivity contribution >= 4 is 6.08 Å². The average Bonchev–Trinajstić information content (AvgIpc) is 2.78. The molecule has 1 aliphatic rings. The van der Waals surface area contributed by atoms with Gasteiger partial charge in [-0.2, -0.15) is 4.99 Å². The highest BCUT2D eigenvalue weighted by Crippen LogP contribution is 2.45. The first kappa shape index (κ1) is 13.0. The Hall–Kier alpha value is -1.44. The molecule has 0 bridgehead atoms. The summed E-state index contributed by atoms with van der Waals surface area (Å²) in [5, 5.41) is 10.3. The van der Waals surface area contributed by atoms with Gasteiger partial charge >= 0.3 is 0 Å². The van der Waals surface area contributed by atoms with Gasteiger partial charge in [0, 0.05) is 0 Å². The minimum absolute atomic E-state index is 0.474. The first-order valence-electron chi connectivity index (χ1n) is 6.41. The van der Waals surface area contributed by atoms with E-state index in [1.54, 1.807) is 19.9 Å². The molecule has 1 N–H and O–H groups in total. The van der Waals surface area contributed by atoms with Crippen molar-refractivity contribution in [2.45, 2.75) is 50.7 Å². The molecule has 1 saturated carbocycles. The van der Waals surface area contributed by atoms with E-state index in [1.807, 2.05) is 24.3 Å². The predicted molar refractivity (Wildman–Crippen MR) is 70.0 cm³/mol. The van der Waals surface area contributed by atoms with Gasteiger partial charge in [0.15, 0.2) is 0 Å². The fourth-order valence-electron chi connectivity index (χ4n) is 2.91. The SMILES string of the molecule is CC(C)(O)c1ccccc1C1(N=C=O)CCCC1. The number of aliphatic hydroxyl groups is 1. The summed E-state index contributed by atoms with van der Waals surface area (Å²) >= 11 is 0. The Kier molecular flexibility index (Phi) is 3.38. The highest BCUT2D eigenvalue weighted by Gasteiger charge is 2.39. The Labute approximate surface area is 108 Å². The number of carbonyl (C=O) groups excluding carboxylic acids is 1. The lowest BCUT2D eigenvalue weighted by atomic mass is 9.81. The molecular weight excluding hydrogens is 226 g/mol. The maximum Gasteiger partial charge on any atom is 0.235 e. The summed E-state index contributed by atoms with van der Waals surface area (Å²) in [7, 11) is 0. The zero-order valence-electron chi connectivity index (χ0n) is 10.9. The lowest BCUT2D eigenvalue weighted by Gasteiger charge is -2.30. The van der Waals surface area contributed by atoms with E-state index in [9.17, 15) is 9.90 Å². The Morgan fingerprint density at radius 2 is 1.89 bits per heavy atom. The van der Waals surface area contributed by atoms with Crippen molar-refractivity contribution in [3.8, 4) is 0 Å². The molecule has 96 valence electrons. The monoisotopic (exact) mass is 245 g/mol. The molecule has 2 rings (SSSR count). The van der Waals surface area contributed by atoms with Crippen LogP contribution in [0.4, 0.5) is 0 Å². The molecule has 0 saturated heterocycles. The number of hydrogen-bond acceptors (Lipinski definition) is 3. The van der Waals surface area contributed by atoms with Crippen LogP contribution in [0.25, 0.3) is 0 Å². The summed E-state index contributed by atoms with van der Waals surface area (Å²) in [4.78, 5) is 14.8. The molecular formula is C15H19NO2. The molecule has 3 heteroatoms. The molecule has 1 aromatic rings. The Morgan fingerprint density at radius 1 is 1.28 bits per heavy atom. The lowest BCUT2D eigenvalue weighted by molar-refractivity contribution is 0.0761. The van der Waals surface area contributed by atoms with E-state index in [0.717, 1.165) is 36.8 Å². The maximum atomic E-state index is 10.7. The van der Waals surface area contributed by atoms with E-state index in [2.05, 4.69) is 4.99 Å². The van der Waals surface area contributed by atoms with Crippen LogP contribution in [0.5, 0.6) is 0 Å². The quantitative estimate of drug-likeness (QED) is 0.657. The number of aliphatic imine (C=N–C) groups is 1. The largest absolute Gasteiger partial charge is 0.386 e. The zero-order chi connectivity index (χ0) is 13.2. The minimum atomic E-state index is -0.926. The maximum absolute atomic E-state index is 10.7. The molecule has 0 spiro atoms. The second kappa shape index (κ2) is 4.68. The van der Waals surface area contributed by atoms with Crippen molar-refractivity contribution < 1.29 is 9.90 Å². The van der Waals surface area contributed by atoms with Crippen LogP contribution in [0.15, 0.2) is 29.3 Å². The van der Waals surface area contributed by atoms with E-state index in [0.29, 0.717) is 0 Å². The van der Waals surface area contributed by atoms with Gasteiger partial charge in [-0.05, 0) is 37.8 Å². The van der Waals surface area contributed by atoms with Gasteiger partial charge in [-0.25, -0.2) is 4.79 Å². The van der Waals surface area contributed by atoms with Gasteiger partial charge < -0.3 is 5.11 Å². The summed E-state index contributed by atoms with van der Waals surface area (Å²) < 4.78 is 0. The van der Waals surface area contributed by atoms with E-state index >= 15 is 0 Å². The number of nitrogens with zero attached hydrogens (tertiary/aromatic N) is 1. The van der Waals surface area contributed by atoms with Gasteiger partial charge in [0.1, 0.15) is 0 Å². The number of isocyanates is 1. The van der Waals surface area contributed by atoms with Crippen LogP contribution >= 0.6 is 0 Å². The molecule has 0 atom stereocenters. The van der Waals surface area contributed by atoms with Crippen LogP contribution in [0.2, 0.25) is 0 Å². The van der Waals surface area contributed by atoms with E-state index in [1.165, 1.54) is 0 Å². The van der Waals surface area contributed by atoms with E-state index in [-0.39, 0.29) is 0 Å². The van der Waals surface area contributed by atoms with Gasteiger partial charge in [-0.15, -0.1) is 0 Å². The van der Waals surface area contributed by atoms with E-state index < -0.39 is 11.1 Å². The van der Waals surface area contributed by atoms with Crippen molar-refractivity contribution in [3.63, 3.8) is 0 Å². The molecule has 1 aromatic carbocycles. The van der Waals surface area contributed by atoms with Crippen LogP contribution in [-0.4, -0.2) is 11.2 Å². The molecule has 0 aromatic heterocycles. The fourth-order valence-corrected chi connectivity index (χ4v) is 2.91. The van der Waals surface area contributed by atoms with Gasteiger partial charge in [0.2, 0.25) is 6.08 Å². The molecule has 1 fully saturated rings. The highest BCUT2D eigenvalue weighted by molar-refractivity contribution is 5.43. The van der Waals surface area contributed by atoms with E-state index in [4.69, 9.17) is 0 Å². The second-order valence-electron chi connectivity index (χ2n) is 5.55. The summed E-state index contributed by atoms with van der Waals surface area (Å²) in [6, 6.07) is 7.73. The van der Waals surface area contributed by atoms with Crippen LogP contribution in [0.3, 0.4) is 0 Å². The first-order chi connectivity index (χ1) is 8.49. The smallest absolute Gasteiger partial charge is 0.235 e. The number of hydrogen-bond donors (Lipinski definition) is 1. The second-order valence-corrected chi connectivity index (χ2v) is 5.55. The molecule has 0 radical (unpaired) electrons. The van der Waals surface area contributed by atoms with Gasteiger partial charge in [-0.3, -0.25) is 0 Å². The third kappa shape index (κ3) is 2.24. The summed E-state index contributed by atoms with van der Waals surface area (Å²) in [5.74, 6) is 0. The summed E-state index contributed by atoms with van der Waals surface area (Å²) in [6.45, 7) is 3.53. The van der Waals surface area contributed by atoms with Crippen LogP contribution in [-0.2, 0) is 15.9 Å². The summed E-state index contributed by atoms with van der Waals surface area (Å²) in [6.07, 6.45) is 5.56. The topological polar surface area (TPSA) is 49.7 Å². The van der Waals surface area contributed by atoms with Crippen LogP contribution in [0.1, 0.15) is 50.7 Å². The van der Waals surface area contributed by atoms with Gasteiger partial charge in [0.25, 0.3) is 0 Å². The molecule has 3 nitrogen and oxygen atoms in total. The van der Waals surface area contributed by atoms with Gasteiger partial charge in [-0.1, -0.05) is 37.1 Å². The molecule has 18 heavy (non-hydrogen) atoms. The van der Waals surface area contributed by atoms with Crippen LogP contribution in [0, 0.1) is 0 Å². The fraction of sp³-hybridized carbons (Fsp3) is 0.533. The molecule has 0 aliphatic heterocycles. The number of rotatable bonds is 3. The molecule has 0 amide bonds. The third-order valence-electron chi connectivity index (χ3n) is 3.78. The van der Waals surface area contributed by atoms with Crippen molar-refractivity contribution in [2.24, 2.45) is 4.99 Å². The minimum Gasteiger partial charge on any atom is -0.386 e. The summed E-state index contributed by atoms with van der Waals surface area (Å²) in [5.41, 5.74) is 0.424. The standard InChI is InChI=1S/C15H19NO2/c1-14(2,18)12-7-3-4-8-13(12)15(16-11-17)9-5-6-10-15/h3-4,7-8,18H,5-6,9-10H2,1-2H3. The van der Waals surface area contributed by atoms with Crippen molar-refractivity contribution in [3.05, 3.63) is 35.4 Å². The predicted octanol–water partition coefficient (Wildman–Crippen LogP) is 3.02. The zero-order valence-corrected chi connectivity index (χ0v) is 10.9. The molecule has 0 heterocycles. The van der Waals surface area contributed by atoms with Gasteiger partial charge in [0.05, 0.1) is 11.1 Å². The first-order valence-corrected chi connectivity index (χ1v) is 6.41. The van der Waals surface area contributed by atoms with Crippen molar-refractivity contribution in [2.75, 3.05) is 0 Å². The van der Waals surface area contributed by atoms with Crippen molar-refractivity contribution in [1.29, 1.82) is 0 Å². The van der Waals surface area contributed by atoms with Crippen LogP contribution < -0.4 is 0 Å². The Balaban J connectivity index is 2.59. The Morgan fingerprint density at radius 3 is 2.44 bits per heavy atom. The molecule has 1 aliphatic carbocycles. The normalized spacial score (nSPS) is 18.4. The van der Waals surface area contributed by atoms with Crippen molar-refractivity contribution in [1.82, 2.24) is 0 Å². The average molecular weight is 245 g/mol. The molecule has 0 unspecified atom stereocenters. The lowest BCUT2D eigenvalue weighted by Crippen LogP contribution is -2.27. The highest BCUT2D eigenvalue weighted by atomic mass is 16.3. The third-order valence-corrected chi connectivity index (χ3v) is 3.78. The Bertz CT molecular complexity index is 476.